The smallest absolute Gasteiger partial charge is 0.339 e. The van der Waals surface area contributed by atoms with Gasteiger partial charge in [-0.05, 0) is 42.0 Å². The molecular weight excluding hydrogens is 292 g/mol. The zero-order chi connectivity index (χ0) is 15.4. The fourth-order valence-electron chi connectivity index (χ4n) is 1.70. The van der Waals surface area contributed by atoms with Crippen LogP contribution in [0.3, 0.4) is 0 Å². The number of carboxylic acid groups (broad SMARTS) is 1. The number of aromatic carboxylic acids is 1. The second-order valence-electron chi connectivity index (χ2n) is 4.29. The maximum Gasteiger partial charge on any atom is 0.339 e. The van der Waals surface area contributed by atoms with Crippen LogP contribution in [0.1, 0.15) is 26.3 Å². The Balaban J connectivity index is 2.22. The van der Waals surface area contributed by atoms with Crippen LogP contribution in [0.2, 0.25) is 5.02 Å². The molecule has 0 aliphatic carbocycles. The molecule has 0 spiro atoms. The van der Waals surface area contributed by atoms with Crippen molar-refractivity contribution >= 4 is 29.4 Å². The number of hydrogen-bond acceptors (Lipinski definition) is 3. The van der Waals surface area contributed by atoms with Gasteiger partial charge in [0.15, 0.2) is 5.78 Å². The van der Waals surface area contributed by atoms with Crippen molar-refractivity contribution in [1.29, 1.82) is 0 Å². The van der Waals surface area contributed by atoms with E-state index in [-0.39, 0.29) is 22.7 Å². The van der Waals surface area contributed by atoms with E-state index in [1.165, 1.54) is 18.2 Å². The molecule has 0 amide bonds. The number of aromatic hydroxyl groups is 1. The number of halogens is 1. The summed E-state index contributed by atoms with van der Waals surface area (Å²) in [6.45, 7) is 0. The van der Waals surface area contributed by atoms with Crippen LogP contribution in [0.15, 0.2) is 48.5 Å². The molecule has 2 rings (SSSR count). The Morgan fingerprint density at radius 2 is 1.71 bits per heavy atom. The highest BCUT2D eigenvalue weighted by Crippen LogP contribution is 2.19. The zero-order valence-electron chi connectivity index (χ0n) is 10.8. The van der Waals surface area contributed by atoms with Crippen LogP contribution in [0.5, 0.6) is 5.75 Å². The first-order valence-electron chi connectivity index (χ1n) is 6.01. The molecule has 0 saturated carbocycles. The van der Waals surface area contributed by atoms with Crippen molar-refractivity contribution in [2.24, 2.45) is 0 Å². The quantitative estimate of drug-likeness (QED) is 0.668. The minimum Gasteiger partial charge on any atom is -0.507 e. The average Bonchev–Trinajstić information content (AvgIpc) is 2.46. The molecule has 2 N–H and O–H groups in total. The van der Waals surface area contributed by atoms with Gasteiger partial charge in [-0.1, -0.05) is 29.8 Å². The zero-order valence-corrected chi connectivity index (χ0v) is 11.5. The number of hydrogen-bond donors (Lipinski definition) is 2. The number of allylic oxidation sites excluding steroid dienone is 1. The van der Waals surface area contributed by atoms with Crippen LogP contribution in [0, 0.1) is 0 Å². The molecule has 2 aromatic rings. The summed E-state index contributed by atoms with van der Waals surface area (Å²) in [5.41, 5.74) is 0.682. The van der Waals surface area contributed by atoms with Crippen molar-refractivity contribution in [1.82, 2.24) is 0 Å². The Morgan fingerprint density at radius 1 is 1.05 bits per heavy atom. The van der Waals surface area contributed by atoms with Crippen LogP contribution in [0.25, 0.3) is 6.08 Å². The number of carbonyl (C=O) groups excluding carboxylic acids is 1. The standard InChI is InChI=1S/C16H11ClO4/c17-12-5-1-10(2-6-12)3-7-14(18)11-4-8-15(19)13(9-11)16(20)21/h1-9,19H,(H,20,21)/b7-3+. The summed E-state index contributed by atoms with van der Waals surface area (Å²) in [7, 11) is 0. The molecule has 0 saturated heterocycles. The Labute approximate surface area is 125 Å². The number of rotatable bonds is 4. The van der Waals surface area contributed by atoms with Crippen LogP contribution in [-0.2, 0) is 0 Å². The van der Waals surface area contributed by atoms with Crippen molar-refractivity contribution < 1.29 is 19.8 Å². The molecule has 0 fully saturated rings. The van der Waals surface area contributed by atoms with Crippen molar-refractivity contribution in [2.45, 2.75) is 0 Å². The van der Waals surface area contributed by atoms with Crippen LogP contribution in [0.4, 0.5) is 0 Å². The normalized spacial score (nSPS) is 10.7. The first kappa shape index (κ1) is 14.8. The van der Waals surface area contributed by atoms with Crippen molar-refractivity contribution in [3.05, 3.63) is 70.3 Å². The van der Waals surface area contributed by atoms with E-state index < -0.39 is 5.97 Å². The molecule has 5 heteroatoms. The topological polar surface area (TPSA) is 74.6 Å². The van der Waals surface area contributed by atoms with E-state index in [0.29, 0.717) is 5.02 Å². The average molecular weight is 303 g/mol. The second kappa shape index (κ2) is 6.24. The van der Waals surface area contributed by atoms with E-state index in [0.717, 1.165) is 11.6 Å². The van der Waals surface area contributed by atoms with E-state index in [4.69, 9.17) is 16.7 Å². The summed E-state index contributed by atoms with van der Waals surface area (Å²) in [5.74, 6) is -2.02. The lowest BCUT2D eigenvalue weighted by Gasteiger charge is -2.01. The van der Waals surface area contributed by atoms with Crippen LogP contribution < -0.4 is 0 Å². The molecule has 21 heavy (non-hydrogen) atoms. The summed E-state index contributed by atoms with van der Waals surface area (Å²) in [4.78, 5) is 22.9. The van der Waals surface area contributed by atoms with Crippen LogP contribution >= 0.6 is 11.6 Å². The van der Waals surface area contributed by atoms with Crippen LogP contribution in [-0.4, -0.2) is 22.0 Å². The van der Waals surface area contributed by atoms with Crippen molar-refractivity contribution in [3.8, 4) is 5.75 Å². The SMILES string of the molecule is O=C(/C=C/c1ccc(Cl)cc1)c1ccc(O)c(C(=O)O)c1. The fourth-order valence-corrected chi connectivity index (χ4v) is 1.83. The Morgan fingerprint density at radius 3 is 2.33 bits per heavy atom. The van der Waals surface area contributed by atoms with E-state index in [2.05, 4.69) is 0 Å². The molecule has 2 aromatic carbocycles. The molecule has 0 radical (unpaired) electrons. The number of benzene rings is 2. The Hall–Kier alpha value is -2.59. The van der Waals surface area contributed by atoms with Gasteiger partial charge in [0.05, 0.1) is 0 Å². The summed E-state index contributed by atoms with van der Waals surface area (Å²) < 4.78 is 0. The van der Waals surface area contributed by atoms with Gasteiger partial charge < -0.3 is 10.2 Å². The maximum atomic E-state index is 12.0. The Kier molecular flexibility index (Phi) is 4.40. The largest absolute Gasteiger partial charge is 0.507 e. The molecule has 4 nitrogen and oxygen atoms in total. The molecule has 0 atom stereocenters. The van der Waals surface area contributed by atoms with Gasteiger partial charge in [-0.15, -0.1) is 0 Å². The number of phenols is 1. The van der Waals surface area contributed by atoms with Crippen molar-refractivity contribution in [2.75, 3.05) is 0 Å². The number of carbonyl (C=O) groups is 2. The third kappa shape index (κ3) is 3.70. The predicted molar refractivity (Wildman–Crippen MR) is 79.9 cm³/mol. The van der Waals surface area contributed by atoms with Gasteiger partial charge in [0.1, 0.15) is 11.3 Å². The molecular formula is C16H11ClO4. The number of ketones is 1. The molecule has 0 heterocycles. The van der Waals surface area contributed by atoms with Gasteiger partial charge in [0.2, 0.25) is 0 Å². The number of carboxylic acids is 1. The summed E-state index contributed by atoms with van der Waals surface area (Å²) in [5, 5.41) is 18.9. The fraction of sp³-hybridized carbons (Fsp3) is 0. The first-order chi connectivity index (χ1) is 9.97. The van der Waals surface area contributed by atoms with Crippen molar-refractivity contribution in [3.63, 3.8) is 0 Å². The van der Waals surface area contributed by atoms with E-state index in [1.807, 2.05) is 0 Å². The van der Waals surface area contributed by atoms with E-state index >= 15 is 0 Å². The van der Waals surface area contributed by atoms with Gasteiger partial charge in [0, 0.05) is 10.6 Å². The third-order valence-corrected chi connectivity index (χ3v) is 3.06. The highest BCUT2D eigenvalue weighted by molar-refractivity contribution is 6.30. The molecule has 106 valence electrons. The molecule has 0 aliphatic rings. The highest BCUT2D eigenvalue weighted by Gasteiger charge is 2.12. The molecule has 0 bridgehead atoms. The Bertz CT molecular complexity index is 718. The lowest BCUT2D eigenvalue weighted by atomic mass is 10.1. The first-order valence-corrected chi connectivity index (χ1v) is 6.39. The summed E-state index contributed by atoms with van der Waals surface area (Å²) in [6.07, 6.45) is 2.94. The minimum atomic E-state index is -1.29. The van der Waals surface area contributed by atoms with E-state index in [1.54, 1.807) is 30.3 Å². The van der Waals surface area contributed by atoms with Gasteiger partial charge in [0.25, 0.3) is 0 Å². The predicted octanol–water partition coefficient (Wildman–Crippen LogP) is 3.64. The highest BCUT2D eigenvalue weighted by atomic mass is 35.5. The lowest BCUT2D eigenvalue weighted by molar-refractivity contribution is 0.0693. The third-order valence-electron chi connectivity index (χ3n) is 2.81. The second-order valence-corrected chi connectivity index (χ2v) is 4.72. The minimum absolute atomic E-state index is 0.190. The summed E-state index contributed by atoms with van der Waals surface area (Å²) >= 11 is 5.76. The van der Waals surface area contributed by atoms with Gasteiger partial charge in [-0.2, -0.15) is 0 Å². The monoisotopic (exact) mass is 302 g/mol. The van der Waals surface area contributed by atoms with Gasteiger partial charge in [-0.25, -0.2) is 4.79 Å². The lowest BCUT2D eigenvalue weighted by Crippen LogP contribution is -2.01. The van der Waals surface area contributed by atoms with Gasteiger partial charge >= 0.3 is 5.97 Å². The summed E-state index contributed by atoms with van der Waals surface area (Å²) in [6, 6.07) is 10.6. The van der Waals surface area contributed by atoms with Gasteiger partial charge in [-0.3, -0.25) is 4.79 Å². The maximum absolute atomic E-state index is 12.0. The molecule has 0 unspecified atom stereocenters. The molecule has 0 aliphatic heterocycles. The molecule has 0 aromatic heterocycles. The van der Waals surface area contributed by atoms with E-state index in [9.17, 15) is 14.7 Å².